The molecule has 7 nitrogen and oxygen atoms in total. The molecule has 5 aliphatic heterocycles. The summed E-state index contributed by atoms with van der Waals surface area (Å²) >= 11 is 0. The molecule has 4 aromatic rings. The molecular formula is C37H40N2O5. The van der Waals surface area contributed by atoms with E-state index in [4.69, 9.17) is 23.7 Å². The summed E-state index contributed by atoms with van der Waals surface area (Å²) in [5, 5.41) is 0. The molecule has 0 fully saturated rings. The molecule has 0 spiro atoms. The Hall–Kier alpha value is -4.20. The van der Waals surface area contributed by atoms with Crippen LogP contribution in [0.25, 0.3) is 0 Å². The predicted octanol–water partition coefficient (Wildman–Crippen LogP) is 7.15. The molecule has 0 N–H and O–H groups in total. The van der Waals surface area contributed by atoms with Crippen LogP contribution < -0.4 is 23.7 Å². The Labute approximate surface area is 259 Å². The van der Waals surface area contributed by atoms with Gasteiger partial charge in [-0.25, -0.2) is 0 Å². The number of methoxy groups -OCH3 is 3. The summed E-state index contributed by atoms with van der Waals surface area (Å²) in [5.74, 6) is 5.01. The molecule has 9 rings (SSSR count). The average molecular weight is 593 g/mol. The van der Waals surface area contributed by atoms with Gasteiger partial charge in [0, 0.05) is 30.7 Å². The minimum atomic E-state index is 0.0668. The third kappa shape index (κ3) is 5.14. The third-order valence-corrected chi connectivity index (χ3v) is 9.55. The van der Waals surface area contributed by atoms with Crippen LogP contribution in [0.5, 0.6) is 40.2 Å². The van der Waals surface area contributed by atoms with Crippen LogP contribution in [-0.4, -0.2) is 58.3 Å². The van der Waals surface area contributed by atoms with Gasteiger partial charge in [-0.2, -0.15) is 0 Å². The van der Waals surface area contributed by atoms with Crippen molar-refractivity contribution >= 4 is 0 Å². The standard InChI is InChI=1S/C37H40N2O5/c1-38-16-14-25-20-32(40-3)33-22-29(25)30(38)18-23-6-10-27(11-7-23)43-28-12-8-24(9-13-28)19-31-35-26(15-17-39(31)2)21-34(41-4)36(42-5)37(35)44-33/h6-13,20-22,30-31H,14-19H2,1-5H3/t30-,31+/m0/s1. The van der Waals surface area contributed by atoms with E-state index in [-0.39, 0.29) is 12.1 Å². The second-order valence-corrected chi connectivity index (χ2v) is 12.1. The molecule has 0 aliphatic carbocycles. The first-order chi connectivity index (χ1) is 21.4. The molecule has 0 amide bonds. The van der Waals surface area contributed by atoms with Crippen LogP contribution in [0, 0.1) is 0 Å². The first-order valence-electron chi connectivity index (χ1n) is 15.4. The largest absolute Gasteiger partial charge is 0.493 e. The molecular weight excluding hydrogens is 552 g/mol. The molecule has 7 heteroatoms. The zero-order chi connectivity index (χ0) is 30.4. The van der Waals surface area contributed by atoms with Gasteiger partial charge in [0.1, 0.15) is 11.5 Å². The average Bonchev–Trinajstić information content (AvgIpc) is 3.04. The van der Waals surface area contributed by atoms with Crippen molar-refractivity contribution in [2.45, 2.75) is 37.8 Å². The van der Waals surface area contributed by atoms with Crippen molar-refractivity contribution in [3.8, 4) is 40.2 Å². The molecule has 0 radical (unpaired) electrons. The lowest BCUT2D eigenvalue weighted by molar-refractivity contribution is 0.220. The Morgan fingerprint density at radius 3 is 1.82 bits per heavy atom. The number of nitrogens with zero attached hydrogens (tertiary/aromatic N) is 2. The lowest BCUT2D eigenvalue weighted by Gasteiger charge is -2.37. The number of hydrogen-bond donors (Lipinski definition) is 0. The number of ether oxygens (including phenoxy) is 5. The number of hydrogen-bond acceptors (Lipinski definition) is 7. The number of likely N-dealkylation sites (N-methyl/N-ethyl adjacent to an activating group) is 2. The smallest absolute Gasteiger partial charge is 0.204 e. The van der Waals surface area contributed by atoms with E-state index in [0.29, 0.717) is 23.0 Å². The van der Waals surface area contributed by atoms with Gasteiger partial charge in [0.25, 0.3) is 0 Å². The summed E-state index contributed by atoms with van der Waals surface area (Å²) < 4.78 is 31.1. The fourth-order valence-electron chi connectivity index (χ4n) is 7.05. The molecule has 5 aliphatic rings. The van der Waals surface area contributed by atoms with Crippen LogP contribution in [-0.2, 0) is 25.7 Å². The van der Waals surface area contributed by atoms with E-state index in [1.807, 2.05) is 0 Å². The van der Waals surface area contributed by atoms with E-state index in [1.165, 1.54) is 27.8 Å². The van der Waals surface area contributed by atoms with Gasteiger partial charge in [-0.3, -0.25) is 9.80 Å². The van der Waals surface area contributed by atoms with Crippen LogP contribution in [0.3, 0.4) is 0 Å². The fourth-order valence-corrected chi connectivity index (χ4v) is 7.05. The molecule has 44 heavy (non-hydrogen) atoms. The van der Waals surface area contributed by atoms with Gasteiger partial charge in [0.05, 0.1) is 21.3 Å². The highest BCUT2D eigenvalue weighted by Crippen LogP contribution is 2.51. The monoisotopic (exact) mass is 592 g/mol. The minimum absolute atomic E-state index is 0.0668. The van der Waals surface area contributed by atoms with Crippen LogP contribution in [0.4, 0.5) is 0 Å². The topological polar surface area (TPSA) is 52.6 Å². The van der Waals surface area contributed by atoms with Crippen molar-refractivity contribution in [2.24, 2.45) is 0 Å². The van der Waals surface area contributed by atoms with Gasteiger partial charge >= 0.3 is 0 Å². The number of rotatable bonds is 3. The summed E-state index contributed by atoms with van der Waals surface area (Å²) in [6.45, 7) is 1.91. The Kier molecular flexibility index (Phi) is 7.60. The van der Waals surface area contributed by atoms with Crippen LogP contribution in [0.1, 0.15) is 45.5 Å². The normalized spacial score (nSPS) is 19.6. The molecule has 0 aromatic heterocycles. The van der Waals surface area contributed by atoms with Crippen molar-refractivity contribution in [3.05, 3.63) is 100 Å². The maximum atomic E-state index is 7.01. The lowest BCUT2D eigenvalue weighted by Crippen LogP contribution is -2.34. The predicted molar refractivity (Wildman–Crippen MR) is 171 cm³/mol. The highest BCUT2D eigenvalue weighted by atomic mass is 16.5. The van der Waals surface area contributed by atoms with Crippen molar-refractivity contribution in [2.75, 3.05) is 48.5 Å². The van der Waals surface area contributed by atoms with Gasteiger partial charge in [0.15, 0.2) is 23.0 Å². The summed E-state index contributed by atoms with van der Waals surface area (Å²) in [6, 6.07) is 23.6. The van der Waals surface area contributed by atoms with Crippen LogP contribution >= 0.6 is 0 Å². The highest BCUT2D eigenvalue weighted by Gasteiger charge is 2.34. The number of benzene rings is 4. The zero-order valence-electron chi connectivity index (χ0n) is 26.2. The first-order valence-corrected chi connectivity index (χ1v) is 15.4. The second-order valence-electron chi connectivity index (χ2n) is 12.1. The van der Waals surface area contributed by atoms with Gasteiger partial charge in [-0.15, -0.1) is 0 Å². The second kappa shape index (κ2) is 11.7. The molecule has 2 atom stereocenters. The first kappa shape index (κ1) is 28.6. The molecule has 4 aromatic carbocycles. The van der Waals surface area contributed by atoms with E-state index in [9.17, 15) is 0 Å². The van der Waals surface area contributed by atoms with E-state index in [1.54, 1.807) is 21.3 Å². The quantitative estimate of drug-likeness (QED) is 0.250. The summed E-state index contributed by atoms with van der Waals surface area (Å²) in [5.41, 5.74) is 7.36. The van der Waals surface area contributed by atoms with Crippen molar-refractivity contribution in [3.63, 3.8) is 0 Å². The van der Waals surface area contributed by atoms with E-state index >= 15 is 0 Å². The Balaban J connectivity index is 1.45. The van der Waals surface area contributed by atoms with Gasteiger partial charge in [-0.05, 0) is 110 Å². The van der Waals surface area contributed by atoms with Gasteiger partial charge in [-0.1, -0.05) is 24.3 Å². The molecule has 6 bridgehead atoms. The van der Waals surface area contributed by atoms with Crippen LogP contribution in [0.2, 0.25) is 0 Å². The molecule has 228 valence electrons. The van der Waals surface area contributed by atoms with Crippen molar-refractivity contribution < 1.29 is 23.7 Å². The van der Waals surface area contributed by atoms with Crippen LogP contribution in [0.15, 0.2) is 66.7 Å². The third-order valence-electron chi connectivity index (χ3n) is 9.55. The summed E-state index contributed by atoms with van der Waals surface area (Å²) in [4.78, 5) is 4.84. The van der Waals surface area contributed by atoms with E-state index < -0.39 is 0 Å². The number of fused-ring (bicyclic) bond motifs is 2. The van der Waals surface area contributed by atoms with E-state index in [2.05, 4.69) is 90.6 Å². The summed E-state index contributed by atoms with van der Waals surface area (Å²) in [6.07, 6.45) is 3.51. The minimum Gasteiger partial charge on any atom is -0.493 e. The van der Waals surface area contributed by atoms with Gasteiger partial charge < -0.3 is 23.7 Å². The molecule has 0 saturated carbocycles. The lowest BCUT2D eigenvalue weighted by atomic mass is 9.87. The highest BCUT2D eigenvalue weighted by molar-refractivity contribution is 5.63. The zero-order valence-corrected chi connectivity index (χ0v) is 26.2. The fraction of sp³-hybridized carbons (Fsp3) is 0.351. The van der Waals surface area contributed by atoms with Crippen molar-refractivity contribution in [1.29, 1.82) is 0 Å². The Bertz CT molecular complexity index is 1670. The Morgan fingerprint density at radius 1 is 0.636 bits per heavy atom. The molecule has 0 saturated heterocycles. The van der Waals surface area contributed by atoms with E-state index in [0.717, 1.165) is 61.6 Å². The summed E-state index contributed by atoms with van der Waals surface area (Å²) in [7, 11) is 9.47. The van der Waals surface area contributed by atoms with Crippen molar-refractivity contribution in [1.82, 2.24) is 9.80 Å². The van der Waals surface area contributed by atoms with Gasteiger partial charge in [0.2, 0.25) is 5.75 Å². The maximum Gasteiger partial charge on any atom is 0.204 e. The Morgan fingerprint density at radius 2 is 1.20 bits per heavy atom. The maximum absolute atomic E-state index is 7.01. The molecule has 0 unspecified atom stereocenters. The molecule has 5 heterocycles. The SMILES string of the molecule is COc1cc2c3cc1Oc1c(OC)c(OC)cc4c1[C@@H](Cc1ccc(cc1)Oc1ccc(cc1)C[C@@H]3N(C)CC2)N(C)CC4.